The van der Waals surface area contributed by atoms with E-state index >= 15 is 0 Å². The Bertz CT molecular complexity index is 640. The van der Waals surface area contributed by atoms with Crippen LogP contribution in [-0.2, 0) is 0 Å². The van der Waals surface area contributed by atoms with E-state index in [4.69, 9.17) is 5.73 Å². The maximum Gasteiger partial charge on any atom is 0.110 e. The molecule has 0 saturated carbocycles. The molecule has 4 nitrogen and oxygen atoms in total. The molecule has 2 aliphatic rings. The van der Waals surface area contributed by atoms with Gasteiger partial charge >= 0.3 is 0 Å². The van der Waals surface area contributed by atoms with Gasteiger partial charge in [0.1, 0.15) is 12.3 Å². The molecule has 0 fully saturated rings. The number of para-hydroxylation sites is 2. The number of fused-ring (bicyclic) bond motifs is 6. The Morgan fingerprint density at radius 3 is 2.60 bits per heavy atom. The molecule has 0 spiro atoms. The van der Waals surface area contributed by atoms with Crippen molar-refractivity contribution >= 4 is 11.4 Å². The lowest BCUT2D eigenvalue weighted by atomic mass is 9.96. The molecule has 4 heteroatoms. The van der Waals surface area contributed by atoms with Gasteiger partial charge in [0.2, 0.25) is 0 Å². The summed E-state index contributed by atoms with van der Waals surface area (Å²) in [6.45, 7) is 1.49. The summed E-state index contributed by atoms with van der Waals surface area (Å²) in [6, 6.07) is 17.0. The average Bonchev–Trinajstić information content (AvgIpc) is 2.51. The Morgan fingerprint density at radius 2 is 1.75 bits per heavy atom. The van der Waals surface area contributed by atoms with Crippen LogP contribution in [0, 0.1) is 0 Å². The summed E-state index contributed by atoms with van der Waals surface area (Å²) < 4.78 is 0. The summed E-state index contributed by atoms with van der Waals surface area (Å²) in [6.07, 6.45) is 0.357. The van der Waals surface area contributed by atoms with E-state index in [9.17, 15) is 0 Å². The van der Waals surface area contributed by atoms with Crippen molar-refractivity contribution in [1.29, 1.82) is 0 Å². The first-order valence-electron chi connectivity index (χ1n) is 7.05. The van der Waals surface area contributed by atoms with Crippen LogP contribution in [0.3, 0.4) is 0 Å². The lowest BCUT2D eigenvalue weighted by Gasteiger charge is -2.47. The summed E-state index contributed by atoms with van der Waals surface area (Å²) in [7, 11) is 0. The van der Waals surface area contributed by atoms with Crippen LogP contribution < -0.4 is 21.3 Å². The molecular formula is C16H18N4. The fourth-order valence-electron chi connectivity index (χ4n) is 3.26. The molecule has 0 saturated heterocycles. The highest BCUT2D eigenvalue weighted by Gasteiger charge is 2.36. The normalized spacial score (nSPS) is 22.8. The zero-order valence-electron chi connectivity index (χ0n) is 11.2. The topological polar surface area (TPSA) is 53.3 Å². The predicted molar refractivity (Wildman–Crippen MR) is 81.5 cm³/mol. The minimum atomic E-state index is 0.167. The number of nitrogens with two attached hydrogens (primary N) is 1. The highest BCUT2D eigenvalue weighted by Crippen LogP contribution is 2.43. The summed E-state index contributed by atoms with van der Waals surface area (Å²) in [5.41, 5.74) is 10.9. The van der Waals surface area contributed by atoms with E-state index in [2.05, 4.69) is 64.1 Å². The molecule has 2 bridgehead atoms. The second kappa shape index (κ2) is 4.51. The summed E-state index contributed by atoms with van der Waals surface area (Å²) >= 11 is 0. The minimum Gasteiger partial charge on any atom is -0.366 e. The van der Waals surface area contributed by atoms with Crippen LogP contribution in [0.15, 0.2) is 48.5 Å². The number of nitrogens with one attached hydrogen (secondary N) is 2. The van der Waals surface area contributed by atoms with Gasteiger partial charge in [-0.25, -0.2) is 0 Å². The lowest BCUT2D eigenvalue weighted by Crippen LogP contribution is -2.51. The van der Waals surface area contributed by atoms with Gasteiger partial charge in [-0.15, -0.1) is 0 Å². The second-order valence-corrected chi connectivity index (χ2v) is 5.27. The summed E-state index contributed by atoms with van der Waals surface area (Å²) in [5, 5.41) is 7.24. The van der Waals surface area contributed by atoms with Crippen molar-refractivity contribution in [3.05, 3.63) is 59.7 Å². The molecule has 0 amide bonds. The van der Waals surface area contributed by atoms with Gasteiger partial charge in [0.05, 0.1) is 0 Å². The smallest absolute Gasteiger partial charge is 0.110 e. The van der Waals surface area contributed by atoms with E-state index in [-0.39, 0.29) is 12.3 Å². The third kappa shape index (κ3) is 1.62. The van der Waals surface area contributed by atoms with Crippen molar-refractivity contribution in [3.8, 4) is 0 Å². The summed E-state index contributed by atoms with van der Waals surface area (Å²) in [5.74, 6) is 0. The number of anilines is 2. The van der Waals surface area contributed by atoms with E-state index in [0.29, 0.717) is 6.54 Å². The molecule has 2 aromatic carbocycles. The van der Waals surface area contributed by atoms with E-state index < -0.39 is 0 Å². The molecular weight excluding hydrogens is 248 g/mol. The first-order valence-corrected chi connectivity index (χ1v) is 7.05. The average molecular weight is 266 g/mol. The van der Waals surface area contributed by atoms with Crippen molar-refractivity contribution in [2.75, 3.05) is 23.3 Å². The fraction of sp³-hybridized carbons (Fsp3) is 0.250. The predicted octanol–water partition coefficient (Wildman–Crippen LogP) is 2.18. The maximum atomic E-state index is 5.82. The van der Waals surface area contributed by atoms with Crippen molar-refractivity contribution < 1.29 is 0 Å². The Morgan fingerprint density at radius 1 is 1.00 bits per heavy atom. The number of rotatable bonds is 2. The molecule has 0 aliphatic carbocycles. The van der Waals surface area contributed by atoms with Gasteiger partial charge in [-0.3, -0.25) is 5.32 Å². The van der Waals surface area contributed by atoms with Crippen LogP contribution in [0.1, 0.15) is 23.5 Å². The van der Waals surface area contributed by atoms with Crippen LogP contribution in [0.5, 0.6) is 0 Å². The van der Waals surface area contributed by atoms with Crippen LogP contribution in [0.4, 0.5) is 11.4 Å². The van der Waals surface area contributed by atoms with Gasteiger partial charge < -0.3 is 16.0 Å². The SMILES string of the molecule is NCCN1c2ccccc2C2Nc3ccccc3C1N2. The van der Waals surface area contributed by atoms with Crippen LogP contribution in [-0.4, -0.2) is 13.1 Å². The minimum absolute atomic E-state index is 0.167. The van der Waals surface area contributed by atoms with Gasteiger partial charge in [0, 0.05) is 35.6 Å². The van der Waals surface area contributed by atoms with Gasteiger partial charge in [0.25, 0.3) is 0 Å². The van der Waals surface area contributed by atoms with E-state index in [1.165, 1.54) is 22.5 Å². The largest absolute Gasteiger partial charge is 0.366 e. The molecule has 4 N–H and O–H groups in total. The van der Waals surface area contributed by atoms with Crippen molar-refractivity contribution in [1.82, 2.24) is 5.32 Å². The molecule has 2 heterocycles. The monoisotopic (exact) mass is 266 g/mol. The lowest BCUT2D eigenvalue weighted by molar-refractivity contribution is 0.413. The first kappa shape index (κ1) is 11.8. The van der Waals surface area contributed by atoms with Crippen LogP contribution >= 0.6 is 0 Å². The van der Waals surface area contributed by atoms with Crippen molar-refractivity contribution in [2.24, 2.45) is 5.73 Å². The molecule has 20 heavy (non-hydrogen) atoms. The number of hydrogen-bond acceptors (Lipinski definition) is 4. The third-order valence-corrected chi connectivity index (χ3v) is 4.12. The second-order valence-electron chi connectivity index (χ2n) is 5.27. The quantitative estimate of drug-likeness (QED) is 0.780. The highest BCUT2D eigenvalue weighted by molar-refractivity contribution is 5.67. The fourth-order valence-corrected chi connectivity index (χ4v) is 3.26. The standard InChI is InChI=1S/C16H18N4/c17-9-10-20-14-8-4-2-6-12(14)15-18-13-7-3-1-5-11(13)16(20)19-15/h1-8,15-16,18-19H,9-10,17H2. The molecule has 0 aromatic heterocycles. The van der Waals surface area contributed by atoms with Crippen LogP contribution in [0.25, 0.3) is 0 Å². The van der Waals surface area contributed by atoms with Gasteiger partial charge in [-0.05, 0) is 12.1 Å². The van der Waals surface area contributed by atoms with Gasteiger partial charge in [-0.1, -0.05) is 36.4 Å². The molecule has 2 atom stereocenters. The molecule has 4 rings (SSSR count). The highest BCUT2D eigenvalue weighted by atomic mass is 15.4. The van der Waals surface area contributed by atoms with Gasteiger partial charge in [-0.2, -0.15) is 0 Å². The Labute approximate surface area is 118 Å². The van der Waals surface area contributed by atoms with E-state index in [0.717, 1.165) is 6.54 Å². The Balaban J connectivity index is 1.87. The molecule has 2 aliphatic heterocycles. The maximum absolute atomic E-state index is 5.82. The van der Waals surface area contributed by atoms with E-state index in [1.54, 1.807) is 0 Å². The van der Waals surface area contributed by atoms with Crippen LogP contribution in [0.2, 0.25) is 0 Å². The first-order chi connectivity index (χ1) is 9.88. The zero-order valence-corrected chi connectivity index (χ0v) is 11.2. The molecule has 2 aromatic rings. The number of hydrogen-bond donors (Lipinski definition) is 3. The number of benzene rings is 2. The number of nitrogens with zero attached hydrogens (tertiary/aromatic N) is 1. The van der Waals surface area contributed by atoms with Crippen molar-refractivity contribution in [2.45, 2.75) is 12.3 Å². The Hall–Kier alpha value is -2.04. The molecule has 0 radical (unpaired) electrons. The van der Waals surface area contributed by atoms with E-state index in [1.807, 2.05) is 0 Å². The molecule has 2 unspecified atom stereocenters. The van der Waals surface area contributed by atoms with Crippen molar-refractivity contribution in [3.63, 3.8) is 0 Å². The zero-order chi connectivity index (χ0) is 13.5. The summed E-state index contributed by atoms with van der Waals surface area (Å²) in [4.78, 5) is 2.37. The third-order valence-electron chi connectivity index (χ3n) is 4.12. The Kier molecular flexibility index (Phi) is 2.65. The van der Waals surface area contributed by atoms with Gasteiger partial charge in [0.15, 0.2) is 0 Å². The molecule has 102 valence electrons.